The largest absolute Gasteiger partial charge is 0.462 e. The van der Waals surface area contributed by atoms with Crippen LogP contribution in [0.5, 0.6) is 0 Å². The Kier molecular flexibility index (Phi) is 66.6. The van der Waals surface area contributed by atoms with E-state index in [1.807, 2.05) is 0 Å². The van der Waals surface area contributed by atoms with E-state index in [-0.39, 0.29) is 31.1 Å². The molecule has 0 heterocycles. The zero-order valence-corrected chi connectivity index (χ0v) is 53.9. The van der Waals surface area contributed by atoms with Crippen LogP contribution in [-0.2, 0) is 28.6 Å². The molecular formula is C74H136O6. The van der Waals surface area contributed by atoms with Crippen LogP contribution < -0.4 is 0 Å². The first-order chi connectivity index (χ1) is 39.5. The molecule has 0 fully saturated rings. The van der Waals surface area contributed by atoms with Gasteiger partial charge in [-0.3, -0.25) is 14.4 Å². The highest BCUT2D eigenvalue weighted by atomic mass is 16.6. The second-order valence-electron chi connectivity index (χ2n) is 24.1. The highest BCUT2D eigenvalue weighted by Crippen LogP contribution is 2.18. The van der Waals surface area contributed by atoms with Gasteiger partial charge in [0.05, 0.1) is 0 Å². The lowest BCUT2D eigenvalue weighted by molar-refractivity contribution is -0.167. The van der Waals surface area contributed by atoms with Crippen molar-refractivity contribution in [2.24, 2.45) is 0 Å². The molecule has 0 aromatic heterocycles. The molecule has 0 aliphatic rings. The first-order valence-electron chi connectivity index (χ1n) is 35.6. The van der Waals surface area contributed by atoms with Crippen molar-refractivity contribution in [2.75, 3.05) is 13.2 Å². The molecular weight excluding hydrogens is 985 g/mol. The van der Waals surface area contributed by atoms with Gasteiger partial charge >= 0.3 is 17.9 Å². The Hall–Kier alpha value is -2.63. The SMILES string of the molecule is CCCCCC/C=C\C/C=C\CCCCCCCCCC(=O)OC(COC(=O)CCCCCCC/C=C\CCCCCC)COC(=O)CCCCCCCCCCCCCCCCCCCCC/C=C\CCCCCCCCCC. The highest BCUT2D eigenvalue weighted by Gasteiger charge is 2.19. The molecule has 0 bridgehead atoms. The van der Waals surface area contributed by atoms with Gasteiger partial charge in [0.1, 0.15) is 13.2 Å². The van der Waals surface area contributed by atoms with Crippen molar-refractivity contribution < 1.29 is 28.6 Å². The summed E-state index contributed by atoms with van der Waals surface area (Å²) in [6.07, 6.45) is 87.2. The number of unbranched alkanes of at least 4 members (excludes halogenated alkanes) is 47. The highest BCUT2D eigenvalue weighted by molar-refractivity contribution is 5.71. The molecule has 0 saturated carbocycles. The maximum Gasteiger partial charge on any atom is 0.306 e. The lowest BCUT2D eigenvalue weighted by Crippen LogP contribution is -2.30. The molecule has 6 nitrogen and oxygen atoms in total. The van der Waals surface area contributed by atoms with Crippen LogP contribution in [0.25, 0.3) is 0 Å². The van der Waals surface area contributed by atoms with E-state index < -0.39 is 6.10 Å². The Labute approximate surface area is 498 Å². The molecule has 0 aliphatic heterocycles. The first kappa shape index (κ1) is 77.4. The van der Waals surface area contributed by atoms with Crippen molar-refractivity contribution >= 4 is 17.9 Å². The smallest absolute Gasteiger partial charge is 0.306 e. The van der Waals surface area contributed by atoms with Crippen LogP contribution in [0.15, 0.2) is 48.6 Å². The zero-order valence-electron chi connectivity index (χ0n) is 53.9. The predicted molar refractivity (Wildman–Crippen MR) is 349 cm³/mol. The van der Waals surface area contributed by atoms with Gasteiger partial charge in [0.2, 0.25) is 0 Å². The molecule has 0 saturated heterocycles. The van der Waals surface area contributed by atoms with E-state index in [1.165, 1.54) is 270 Å². The summed E-state index contributed by atoms with van der Waals surface area (Å²) in [5, 5.41) is 0. The van der Waals surface area contributed by atoms with Gasteiger partial charge in [-0.2, -0.15) is 0 Å². The predicted octanol–water partition coefficient (Wildman–Crippen LogP) is 24.5. The van der Waals surface area contributed by atoms with Crippen LogP contribution in [0.4, 0.5) is 0 Å². The number of hydrogen-bond donors (Lipinski definition) is 0. The molecule has 0 aromatic carbocycles. The van der Waals surface area contributed by atoms with E-state index in [1.54, 1.807) is 0 Å². The van der Waals surface area contributed by atoms with Gasteiger partial charge in [-0.1, -0.05) is 313 Å². The average Bonchev–Trinajstić information content (AvgIpc) is 3.46. The molecule has 0 spiro atoms. The third-order valence-corrected chi connectivity index (χ3v) is 16.0. The van der Waals surface area contributed by atoms with E-state index >= 15 is 0 Å². The van der Waals surface area contributed by atoms with Gasteiger partial charge in [0, 0.05) is 19.3 Å². The third-order valence-electron chi connectivity index (χ3n) is 16.0. The molecule has 0 amide bonds. The molecule has 0 aromatic rings. The summed E-state index contributed by atoms with van der Waals surface area (Å²) in [5.41, 5.74) is 0. The van der Waals surface area contributed by atoms with Crippen LogP contribution in [-0.4, -0.2) is 37.2 Å². The second kappa shape index (κ2) is 68.9. The van der Waals surface area contributed by atoms with E-state index in [4.69, 9.17) is 14.2 Å². The molecule has 6 heteroatoms. The topological polar surface area (TPSA) is 78.9 Å². The first-order valence-corrected chi connectivity index (χ1v) is 35.6. The quantitative estimate of drug-likeness (QED) is 0.0261. The van der Waals surface area contributed by atoms with Gasteiger partial charge < -0.3 is 14.2 Å². The summed E-state index contributed by atoms with van der Waals surface area (Å²) >= 11 is 0. The Bertz CT molecular complexity index is 1380. The fraction of sp³-hybridized carbons (Fsp3) is 0.851. The van der Waals surface area contributed by atoms with Crippen molar-refractivity contribution in [1.82, 2.24) is 0 Å². The summed E-state index contributed by atoms with van der Waals surface area (Å²) < 4.78 is 17.0. The minimum atomic E-state index is -0.780. The van der Waals surface area contributed by atoms with Crippen molar-refractivity contribution in [3.05, 3.63) is 48.6 Å². The van der Waals surface area contributed by atoms with Crippen LogP contribution in [0.2, 0.25) is 0 Å². The van der Waals surface area contributed by atoms with Crippen molar-refractivity contribution in [2.45, 2.75) is 393 Å². The van der Waals surface area contributed by atoms with Crippen molar-refractivity contribution in [3.8, 4) is 0 Å². The van der Waals surface area contributed by atoms with Gasteiger partial charge in [-0.15, -0.1) is 0 Å². The van der Waals surface area contributed by atoms with Crippen LogP contribution >= 0.6 is 0 Å². The van der Waals surface area contributed by atoms with Crippen molar-refractivity contribution in [3.63, 3.8) is 0 Å². The Balaban J connectivity index is 4.16. The molecule has 0 rings (SSSR count). The van der Waals surface area contributed by atoms with Crippen LogP contribution in [0.1, 0.15) is 387 Å². The summed E-state index contributed by atoms with van der Waals surface area (Å²) in [5.74, 6) is -0.869. The van der Waals surface area contributed by atoms with Gasteiger partial charge in [-0.25, -0.2) is 0 Å². The lowest BCUT2D eigenvalue weighted by atomic mass is 10.0. The van der Waals surface area contributed by atoms with E-state index in [2.05, 4.69) is 69.4 Å². The number of carbonyl (C=O) groups is 3. The Morgan fingerprint density at radius 1 is 0.250 bits per heavy atom. The maximum absolute atomic E-state index is 12.9. The van der Waals surface area contributed by atoms with Gasteiger partial charge in [0.25, 0.3) is 0 Å². The molecule has 0 radical (unpaired) electrons. The average molecular weight is 1120 g/mol. The Morgan fingerprint density at radius 3 is 0.713 bits per heavy atom. The summed E-state index contributed by atoms with van der Waals surface area (Å²) in [7, 11) is 0. The zero-order chi connectivity index (χ0) is 57.8. The number of ether oxygens (including phenoxy) is 3. The summed E-state index contributed by atoms with van der Waals surface area (Å²) in [6.45, 7) is 6.65. The molecule has 80 heavy (non-hydrogen) atoms. The fourth-order valence-corrected chi connectivity index (χ4v) is 10.6. The lowest BCUT2D eigenvalue weighted by Gasteiger charge is -2.18. The van der Waals surface area contributed by atoms with E-state index in [9.17, 15) is 14.4 Å². The Morgan fingerprint density at radius 2 is 0.450 bits per heavy atom. The normalized spacial score (nSPS) is 12.3. The standard InChI is InChI=1S/C74H136O6/c1-4-7-10-13-16-19-22-25-27-29-31-32-33-34-35-36-37-38-39-40-41-42-43-45-46-49-52-55-58-61-64-67-73(76)79-70-71(69-78-72(75)66-63-60-57-54-51-48-24-21-18-15-12-9-6-3)80-74(77)68-65-62-59-56-53-50-47-44-30-28-26-23-20-17-14-11-8-5-2/h20-21,23-24,28-31,71H,4-19,22,25-27,32-70H2,1-3H3/b23-20-,24-21-,30-28-,31-29-. The van der Waals surface area contributed by atoms with E-state index in [0.717, 1.165) is 77.0 Å². The number of esters is 3. The second-order valence-corrected chi connectivity index (χ2v) is 24.1. The van der Waals surface area contributed by atoms with Crippen LogP contribution in [0, 0.1) is 0 Å². The summed E-state index contributed by atoms with van der Waals surface area (Å²) in [6, 6.07) is 0. The number of allylic oxidation sites excluding steroid dienone is 8. The minimum absolute atomic E-state index is 0.0753. The van der Waals surface area contributed by atoms with E-state index in [0.29, 0.717) is 19.3 Å². The molecule has 1 atom stereocenters. The number of rotatable bonds is 66. The minimum Gasteiger partial charge on any atom is -0.462 e. The fourth-order valence-electron chi connectivity index (χ4n) is 10.6. The van der Waals surface area contributed by atoms with Gasteiger partial charge in [-0.05, 0) is 103 Å². The number of hydrogen-bond acceptors (Lipinski definition) is 6. The molecule has 0 N–H and O–H groups in total. The monoisotopic (exact) mass is 1120 g/mol. The van der Waals surface area contributed by atoms with Crippen molar-refractivity contribution in [1.29, 1.82) is 0 Å². The molecule has 1 unspecified atom stereocenters. The summed E-state index contributed by atoms with van der Waals surface area (Å²) in [4.78, 5) is 38.4. The third kappa shape index (κ3) is 66.2. The maximum atomic E-state index is 12.9. The molecule has 0 aliphatic carbocycles. The number of carbonyl (C=O) groups excluding carboxylic acids is 3. The molecule has 468 valence electrons. The van der Waals surface area contributed by atoms with Crippen LogP contribution in [0.3, 0.4) is 0 Å². The van der Waals surface area contributed by atoms with Gasteiger partial charge in [0.15, 0.2) is 6.10 Å².